The Morgan fingerprint density at radius 2 is 2.35 bits per heavy atom. The molecule has 0 radical (unpaired) electrons. The van der Waals surface area contributed by atoms with Gasteiger partial charge < -0.3 is 10.1 Å². The van der Waals surface area contributed by atoms with Crippen LogP contribution in [0.25, 0.3) is 0 Å². The van der Waals surface area contributed by atoms with Crippen LogP contribution in [0.15, 0.2) is 29.2 Å². The molecule has 0 fully saturated rings. The van der Waals surface area contributed by atoms with Gasteiger partial charge in [-0.3, -0.25) is 4.79 Å². The number of nitrogens with zero attached hydrogens (tertiary/aromatic N) is 2. The van der Waals surface area contributed by atoms with Crippen LogP contribution in [-0.4, -0.2) is 22.5 Å². The minimum atomic E-state index is -0.186. The highest BCUT2D eigenvalue weighted by Crippen LogP contribution is 2.14. The van der Waals surface area contributed by atoms with Gasteiger partial charge in [-0.05, 0) is 12.5 Å². The molecule has 0 spiro atoms. The van der Waals surface area contributed by atoms with Crippen molar-refractivity contribution in [3.63, 3.8) is 0 Å². The molecule has 20 heavy (non-hydrogen) atoms. The lowest BCUT2D eigenvalue weighted by molar-refractivity contribution is 0.0946. The predicted octanol–water partition coefficient (Wildman–Crippen LogP) is 2.65. The zero-order chi connectivity index (χ0) is 14.2. The van der Waals surface area contributed by atoms with Gasteiger partial charge in [0.05, 0.1) is 12.1 Å². The minimum Gasteiger partial charge on any atom is -0.477 e. The second-order valence-electron chi connectivity index (χ2n) is 4.23. The van der Waals surface area contributed by atoms with Crippen LogP contribution in [0.5, 0.6) is 5.88 Å². The summed E-state index contributed by atoms with van der Waals surface area (Å²) in [6.45, 7) is 3.13. The van der Waals surface area contributed by atoms with Crippen molar-refractivity contribution in [2.24, 2.45) is 0 Å². The van der Waals surface area contributed by atoms with Crippen molar-refractivity contribution in [1.29, 1.82) is 0 Å². The van der Waals surface area contributed by atoms with Gasteiger partial charge in [0.25, 0.3) is 5.91 Å². The Balaban J connectivity index is 1.93. The zero-order valence-corrected chi connectivity index (χ0v) is 12.2. The van der Waals surface area contributed by atoms with Gasteiger partial charge in [-0.15, -0.1) is 11.3 Å². The molecular weight excluding hydrogens is 274 g/mol. The Morgan fingerprint density at radius 3 is 3.10 bits per heavy atom. The van der Waals surface area contributed by atoms with E-state index in [0.717, 1.165) is 18.4 Å². The average Bonchev–Trinajstić information content (AvgIpc) is 3.00. The largest absolute Gasteiger partial charge is 0.477 e. The number of hydrogen-bond donors (Lipinski definition) is 1. The van der Waals surface area contributed by atoms with E-state index in [9.17, 15) is 4.79 Å². The molecule has 1 N–H and O–H groups in total. The van der Waals surface area contributed by atoms with E-state index in [4.69, 9.17) is 4.74 Å². The van der Waals surface area contributed by atoms with Crippen molar-refractivity contribution >= 4 is 17.2 Å². The van der Waals surface area contributed by atoms with Gasteiger partial charge in [0.1, 0.15) is 5.69 Å². The summed E-state index contributed by atoms with van der Waals surface area (Å²) < 4.78 is 5.62. The van der Waals surface area contributed by atoms with Crippen molar-refractivity contribution in [1.82, 2.24) is 15.3 Å². The van der Waals surface area contributed by atoms with E-state index >= 15 is 0 Å². The molecule has 0 aliphatic rings. The zero-order valence-electron chi connectivity index (χ0n) is 11.3. The van der Waals surface area contributed by atoms with Crippen molar-refractivity contribution in [2.75, 3.05) is 6.61 Å². The average molecular weight is 291 g/mol. The molecule has 0 saturated heterocycles. The number of thiazole rings is 1. The molecule has 5 nitrogen and oxygen atoms in total. The molecular formula is C14H17N3O2S. The number of rotatable bonds is 7. The summed E-state index contributed by atoms with van der Waals surface area (Å²) in [6.07, 6.45) is 3.75. The van der Waals surface area contributed by atoms with Gasteiger partial charge in [-0.2, -0.15) is 0 Å². The van der Waals surface area contributed by atoms with Crippen molar-refractivity contribution in [2.45, 2.75) is 26.3 Å². The van der Waals surface area contributed by atoms with Gasteiger partial charge in [0.15, 0.2) is 0 Å². The van der Waals surface area contributed by atoms with Crippen LogP contribution >= 0.6 is 11.3 Å². The molecule has 0 aliphatic heterocycles. The number of ether oxygens (including phenoxy) is 1. The number of carbonyl (C=O) groups is 1. The van der Waals surface area contributed by atoms with Gasteiger partial charge in [0, 0.05) is 23.7 Å². The van der Waals surface area contributed by atoms with E-state index in [-0.39, 0.29) is 5.91 Å². The summed E-state index contributed by atoms with van der Waals surface area (Å²) >= 11 is 1.40. The molecule has 0 saturated carbocycles. The smallest absolute Gasteiger partial charge is 0.271 e. The third-order valence-corrected chi connectivity index (χ3v) is 3.28. The molecule has 0 aromatic carbocycles. The molecule has 2 aromatic heterocycles. The summed E-state index contributed by atoms with van der Waals surface area (Å²) in [5.74, 6) is 0.397. The topological polar surface area (TPSA) is 64.1 Å². The Morgan fingerprint density at radius 1 is 1.45 bits per heavy atom. The quantitative estimate of drug-likeness (QED) is 0.797. The molecule has 6 heteroatoms. The van der Waals surface area contributed by atoms with E-state index in [1.54, 1.807) is 17.1 Å². The summed E-state index contributed by atoms with van der Waals surface area (Å²) in [5, 5.41) is 4.54. The Hall–Kier alpha value is -1.95. The summed E-state index contributed by atoms with van der Waals surface area (Å²) in [7, 11) is 0. The predicted molar refractivity (Wildman–Crippen MR) is 77.9 cm³/mol. The number of aromatic nitrogens is 2. The molecule has 2 aromatic rings. The van der Waals surface area contributed by atoms with Crippen molar-refractivity contribution < 1.29 is 9.53 Å². The Bertz CT molecular complexity index is 543. The highest BCUT2D eigenvalue weighted by atomic mass is 32.1. The normalized spacial score (nSPS) is 10.2. The lowest BCUT2D eigenvalue weighted by Gasteiger charge is -2.10. The highest BCUT2D eigenvalue weighted by Gasteiger charge is 2.09. The van der Waals surface area contributed by atoms with Crippen LogP contribution < -0.4 is 10.1 Å². The summed E-state index contributed by atoms with van der Waals surface area (Å²) in [5.41, 5.74) is 2.94. The van der Waals surface area contributed by atoms with E-state index in [0.29, 0.717) is 24.7 Å². The lowest BCUT2D eigenvalue weighted by Crippen LogP contribution is -2.23. The van der Waals surface area contributed by atoms with Crippen LogP contribution in [0.4, 0.5) is 0 Å². The molecule has 0 aliphatic carbocycles. The lowest BCUT2D eigenvalue weighted by atomic mass is 10.2. The fraction of sp³-hybridized carbons (Fsp3) is 0.357. The summed E-state index contributed by atoms with van der Waals surface area (Å²) in [6, 6.07) is 3.73. The first-order valence-electron chi connectivity index (χ1n) is 6.54. The first-order chi connectivity index (χ1) is 9.81. The second-order valence-corrected chi connectivity index (χ2v) is 4.94. The molecule has 1 amide bonds. The number of hydrogen-bond acceptors (Lipinski definition) is 5. The second kappa shape index (κ2) is 7.59. The van der Waals surface area contributed by atoms with Crippen LogP contribution in [0.2, 0.25) is 0 Å². The first-order valence-corrected chi connectivity index (χ1v) is 7.48. The number of carbonyl (C=O) groups excluding carboxylic acids is 1. The van der Waals surface area contributed by atoms with Gasteiger partial charge in [-0.1, -0.05) is 19.4 Å². The van der Waals surface area contributed by atoms with Crippen LogP contribution in [0, 0.1) is 0 Å². The SMILES string of the molecule is CCCCOc1ncccc1CNC(=O)c1cscn1. The molecule has 0 atom stereocenters. The molecule has 2 heterocycles. The Kier molecular flexibility index (Phi) is 5.49. The van der Waals surface area contributed by atoms with Gasteiger partial charge >= 0.3 is 0 Å². The maximum absolute atomic E-state index is 11.8. The van der Waals surface area contributed by atoms with Crippen LogP contribution in [-0.2, 0) is 6.54 Å². The van der Waals surface area contributed by atoms with Crippen molar-refractivity contribution in [3.05, 3.63) is 40.5 Å². The third kappa shape index (κ3) is 4.03. The summed E-state index contributed by atoms with van der Waals surface area (Å²) in [4.78, 5) is 20.0. The fourth-order valence-corrected chi connectivity index (χ4v) is 2.12. The standard InChI is InChI=1S/C14H17N3O2S/c1-2-3-7-19-14-11(5-4-6-15-14)8-16-13(18)12-9-20-10-17-12/h4-6,9-10H,2-3,7-8H2,1H3,(H,16,18). The molecule has 0 bridgehead atoms. The molecule has 2 rings (SSSR count). The van der Waals surface area contributed by atoms with E-state index in [1.165, 1.54) is 11.3 Å². The van der Waals surface area contributed by atoms with Crippen LogP contribution in [0.1, 0.15) is 35.8 Å². The monoisotopic (exact) mass is 291 g/mol. The van der Waals surface area contributed by atoms with Crippen molar-refractivity contribution in [3.8, 4) is 5.88 Å². The maximum atomic E-state index is 11.8. The van der Waals surface area contributed by atoms with E-state index in [1.807, 2.05) is 12.1 Å². The highest BCUT2D eigenvalue weighted by molar-refractivity contribution is 7.07. The van der Waals surface area contributed by atoms with Gasteiger partial charge in [-0.25, -0.2) is 9.97 Å². The van der Waals surface area contributed by atoms with E-state index < -0.39 is 0 Å². The number of nitrogens with one attached hydrogen (secondary N) is 1. The first kappa shape index (κ1) is 14.5. The van der Waals surface area contributed by atoms with Crippen LogP contribution in [0.3, 0.4) is 0 Å². The number of pyridine rings is 1. The minimum absolute atomic E-state index is 0.186. The number of unbranched alkanes of at least 4 members (excludes halogenated alkanes) is 1. The van der Waals surface area contributed by atoms with E-state index in [2.05, 4.69) is 22.2 Å². The third-order valence-electron chi connectivity index (χ3n) is 2.69. The number of amides is 1. The Labute approximate surface area is 122 Å². The maximum Gasteiger partial charge on any atom is 0.271 e. The fourth-order valence-electron chi connectivity index (χ4n) is 1.59. The molecule has 0 unspecified atom stereocenters. The van der Waals surface area contributed by atoms with Gasteiger partial charge in [0.2, 0.25) is 5.88 Å². The molecule has 106 valence electrons.